The molecule has 0 unspecified atom stereocenters. The Morgan fingerprint density at radius 3 is 2.50 bits per heavy atom. The fourth-order valence-electron chi connectivity index (χ4n) is 3.06. The van der Waals surface area contributed by atoms with E-state index in [9.17, 15) is 0 Å². The summed E-state index contributed by atoms with van der Waals surface area (Å²) in [5.41, 5.74) is 5.00. The van der Waals surface area contributed by atoms with E-state index < -0.39 is 0 Å². The van der Waals surface area contributed by atoms with Crippen molar-refractivity contribution in [2.75, 3.05) is 14.2 Å². The third kappa shape index (κ3) is 2.24. The standard InChI is InChI=1S/C18H24O2/c1-7-11(2)14-9-8-12(3)16-15(14)10-13(4)17(19-5)18(16)20-6/h7,9-12H,1,8H2,2-6H3/t11-,12+/m1/s1. The van der Waals surface area contributed by atoms with E-state index in [2.05, 4.69) is 39.5 Å². The largest absolute Gasteiger partial charge is 0.493 e. The molecule has 0 fully saturated rings. The Bertz CT molecular complexity index is 555. The maximum absolute atomic E-state index is 5.67. The lowest BCUT2D eigenvalue weighted by atomic mass is 9.78. The van der Waals surface area contributed by atoms with Crippen molar-refractivity contribution in [3.8, 4) is 11.5 Å². The van der Waals surface area contributed by atoms with Gasteiger partial charge in [0.25, 0.3) is 0 Å². The van der Waals surface area contributed by atoms with E-state index in [1.54, 1.807) is 14.2 Å². The summed E-state index contributed by atoms with van der Waals surface area (Å²) in [6.07, 6.45) is 5.37. The molecular formula is C18H24O2. The van der Waals surface area contributed by atoms with Crippen molar-refractivity contribution in [3.63, 3.8) is 0 Å². The molecule has 1 aromatic carbocycles. The van der Waals surface area contributed by atoms with Crippen molar-refractivity contribution in [2.24, 2.45) is 5.92 Å². The van der Waals surface area contributed by atoms with Crippen LogP contribution >= 0.6 is 0 Å². The number of hydrogen-bond acceptors (Lipinski definition) is 2. The van der Waals surface area contributed by atoms with Crippen LogP contribution in [0, 0.1) is 12.8 Å². The van der Waals surface area contributed by atoms with Crippen LogP contribution in [-0.2, 0) is 0 Å². The molecule has 20 heavy (non-hydrogen) atoms. The second-order valence-corrected chi connectivity index (χ2v) is 5.54. The minimum Gasteiger partial charge on any atom is -0.493 e. The van der Waals surface area contributed by atoms with Gasteiger partial charge in [-0.15, -0.1) is 6.58 Å². The van der Waals surface area contributed by atoms with Gasteiger partial charge in [0.1, 0.15) is 0 Å². The van der Waals surface area contributed by atoms with Crippen molar-refractivity contribution in [1.82, 2.24) is 0 Å². The van der Waals surface area contributed by atoms with Crippen LogP contribution in [0.25, 0.3) is 5.57 Å². The zero-order chi connectivity index (χ0) is 14.9. The lowest BCUT2D eigenvalue weighted by Crippen LogP contribution is -2.11. The highest BCUT2D eigenvalue weighted by Gasteiger charge is 2.27. The molecule has 1 aromatic rings. The number of aryl methyl sites for hydroxylation is 1. The molecule has 2 heteroatoms. The maximum atomic E-state index is 5.67. The van der Waals surface area contributed by atoms with Gasteiger partial charge in [-0.2, -0.15) is 0 Å². The second kappa shape index (κ2) is 5.74. The molecule has 0 radical (unpaired) electrons. The van der Waals surface area contributed by atoms with Crippen LogP contribution < -0.4 is 9.47 Å². The molecule has 108 valence electrons. The van der Waals surface area contributed by atoms with Crippen molar-refractivity contribution >= 4 is 5.57 Å². The molecular weight excluding hydrogens is 248 g/mol. The minimum atomic E-state index is 0.346. The SMILES string of the molecule is C=C[C@@H](C)C1=CC[C@H](C)c2c1cc(C)c(OC)c2OC. The van der Waals surface area contributed by atoms with Gasteiger partial charge in [-0.25, -0.2) is 0 Å². The molecule has 0 N–H and O–H groups in total. The van der Waals surface area contributed by atoms with E-state index in [4.69, 9.17) is 9.47 Å². The molecule has 2 atom stereocenters. The predicted octanol–water partition coefficient (Wildman–Crippen LogP) is 4.72. The van der Waals surface area contributed by atoms with E-state index >= 15 is 0 Å². The van der Waals surface area contributed by atoms with E-state index in [1.807, 2.05) is 6.08 Å². The number of benzene rings is 1. The van der Waals surface area contributed by atoms with Gasteiger partial charge in [-0.05, 0) is 47.9 Å². The molecule has 0 bridgehead atoms. The summed E-state index contributed by atoms with van der Waals surface area (Å²) in [7, 11) is 3.42. The van der Waals surface area contributed by atoms with Crippen molar-refractivity contribution < 1.29 is 9.47 Å². The zero-order valence-corrected chi connectivity index (χ0v) is 13.1. The number of rotatable bonds is 4. The highest BCUT2D eigenvalue weighted by molar-refractivity contribution is 5.78. The smallest absolute Gasteiger partial charge is 0.165 e. The molecule has 0 saturated carbocycles. The van der Waals surface area contributed by atoms with E-state index in [-0.39, 0.29) is 0 Å². The van der Waals surface area contributed by atoms with Crippen LogP contribution in [0.5, 0.6) is 11.5 Å². The summed E-state index contributed by atoms with van der Waals surface area (Å²) in [5.74, 6) is 2.52. The Kier molecular flexibility index (Phi) is 4.22. The van der Waals surface area contributed by atoms with Crippen molar-refractivity contribution in [1.29, 1.82) is 0 Å². The van der Waals surface area contributed by atoms with Gasteiger partial charge in [-0.1, -0.05) is 26.0 Å². The van der Waals surface area contributed by atoms with Gasteiger partial charge in [0.2, 0.25) is 0 Å². The first-order valence-electron chi connectivity index (χ1n) is 7.13. The first-order valence-corrected chi connectivity index (χ1v) is 7.13. The van der Waals surface area contributed by atoms with Crippen molar-refractivity contribution in [3.05, 3.63) is 41.5 Å². The fraction of sp³-hybridized carbons (Fsp3) is 0.444. The Balaban J connectivity index is 2.72. The number of fused-ring (bicyclic) bond motifs is 1. The molecule has 0 saturated heterocycles. The van der Waals surface area contributed by atoms with E-state index in [1.165, 1.54) is 16.7 Å². The van der Waals surface area contributed by atoms with Crippen molar-refractivity contribution in [2.45, 2.75) is 33.1 Å². The highest BCUT2D eigenvalue weighted by atomic mass is 16.5. The van der Waals surface area contributed by atoms with Gasteiger partial charge in [0.15, 0.2) is 11.5 Å². The average molecular weight is 272 g/mol. The molecule has 2 nitrogen and oxygen atoms in total. The molecule has 0 heterocycles. The summed E-state index contributed by atoms with van der Waals surface area (Å²) in [4.78, 5) is 0. The Labute approximate surface area is 122 Å². The van der Waals surface area contributed by atoms with Gasteiger partial charge >= 0.3 is 0 Å². The number of hydrogen-bond donors (Lipinski definition) is 0. The summed E-state index contributed by atoms with van der Waals surface area (Å²) < 4.78 is 11.2. The van der Waals surface area contributed by atoms with Gasteiger partial charge in [-0.3, -0.25) is 0 Å². The number of allylic oxidation sites excluding steroid dienone is 3. The van der Waals surface area contributed by atoms with E-state index in [0.717, 1.165) is 23.5 Å². The second-order valence-electron chi connectivity index (χ2n) is 5.54. The molecule has 1 aliphatic rings. The van der Waals surface area contributed by atoms with Gasteiger partial charge in [0.05, 0.1) is 14.2 Å². The fourth-order valence-corrected chi connectivity index (χ4v) is 3.06. The minimum absolute atomic E-state index is 0.346. The molecule has 2 rings (SSSR count). The lowest BCUT2D eigenvalue weighted by molar-refractivity contribution is 0.347. The molecule has 0 aromatic heterocycles. The monoisotopic (exact) mass is 272 g/mol. The molecule has 1 aliphatic carbocycles. The Morgan fingerprint density at radius 1 is 1.30 bits per heavy atom. The predicted molar refractivity (Wildman–Crippen MR) is 84.7 cm³/mol. The van der Waals surface area contributed by atoms with Gasteiger partial charge in [0, 0.05) is 5.56 Å². The van der Waals surface area contributed by atoms with E-state index in [0.29, 0.717) is 11.8 Å². The van der Waals surface area contributed by atoms with Crippen LogP contribution in [-0.4, -0.2) is 14.2 Å². The highest BCUT2D eigenvalue weighted by Crippen LogP contribution is 2.47. The Hall–Kier alpha value is -1.70. The van der Waals surface area contributed by atoms with Gasteiger partial charge < -0.3 is 9.47 Å². The van der Waals surface area contributed by atoms with Crippen LogP contribution in [0.3, 0.4) is 0 Å². The summed E-state index contributed by atoms with van der Waals surface area (Å²) >= 11 is 0. The normalized spacial score (nSPS) is 18.9. The topological polar surface area (TPSA) is 18.5 Å². The average Bonchev–Trinajstić information content (AvgIpc) is 2.45. The van der Waals surface area contributed by atoms with Crippen LogP contribution in [0.2, 0.25) is 0 Å². The van der Waals surface area contributed by atoms with Crippen LogP contribution in [0.1, 0.15) is 42.9 Å². The molecule has 0 amide bonds. The lowest BCUT2D eigenvalue weighted by Gasteiger charge is -2.29. The number of methoxy groups -OCH3 is 2. The van der Waals surface area contributed by atoms with Crippen LogP contribution in [0.4, 0.5) is 0 Å². The number of ether oxygens (including phenoxy) is 2. The zero-order valence-electron chi connectivity index (χ0n) is 13.1. The summed E-state index contributed by atoms with van der Waals surface area (Å²) in [6, 6.07) is 2.22. The summed E-state index contributed by atoms with van der Waals surface area (Å²) in [6.45, 7) is 10.4. The quantitative estimate of drug-likeness (QED) is 0.738. The summed E-state index contributed by atoms with van der Waals surface area (Å²) in [5, 5.41) is 0. The van der Waals surface area contributed by atoms with Crippen LogP contribution in [0.15, 0.2) is 24.8 Å². The Morgan fingerprint density at radius 2 is 1.95 bits per heavy atom. The third-order valence-corrected chi connectivity index (χ3v) is 4.21. The first kappa shape index (κ1) is 14.7. The third-order valence-electron chi connectivity index (χ3n) is 4.21. The first-order chi connectivity index (χ1) is 9.54. The molecule has 0 aliphatic heterocycles. The maximum Gasteiger partial charge on any atom is 0.165 e. The molecule has 0 spiro atoms.